The maximum atomic E-state index is 12.7. The molecule has 4 fully saturated rings. The summed E-state index contributed by atoms with van der Waals surface area (Å²) in [5.41, 5.74) is 14.7. The van der Waals surface area contributed by atoms with Crippen molar-refractivity contribution >= 4 is 76.6 Å². The fraction of sp³-hybridized carbons (Fsp3) is 0.444. The van der Waals surface area contributed by atoms with Crippen LogP contribution in [-0.2, 0) is 17.3 Å². The van der Waals surface area contributed by atoms with E-state index in [-0.39, 0.29) is 52.3 Å². The van der Waals surface area contributed by atoms with E-state index in [0.717, 1.165) is 93.7 Å². The lowest BCUT2D eigenvalue weighted by Crippen LogP contribution is -2.54. The first-order valence-electron chi connectivity index (χ1n) is 28.5. The third-order valence-electron chi connectivity index (χ3n) is 16.7. The quantitative estimate of drug-likeness (QED) is 0.0250. The number of nitro benzene ring substituents is 2. The Morgan fingerprint density at radius 2 is 0.977 bits per heavy atom. The number of hydrogen-bond donors (Lipinski definition) is 6. The maximum Gasteiger partial charge on any atom is 0.302 e. The highest BCUT2D eigenvalue weighted by molar-refractivity contribution is 6.74. The first-order chi connectivity index (χ1) is 40.4. The minimum atomic E-state index is -1.66. The number of nitrogens with one attached hydrogen (secondary N) is 2. The molecule has 4 aliphatic carbocycles. The molecule has 2 aliphatic heterocycles. The summed E-state index contributed by atoms with van der Waals surface area (Å²) in [5.74, 6) is -0.978. The van der Waals surface area contributed by atoms with Gasteiger partial charge in [-0.15, -0.1) is 0 Å². The second-order valence-electron chi connectivity index (χ2n) is 23.7. The van der Waals surface area contributed by atoms with Gasteiger partial charge in [0.1, 0.15) is 5.69 Å². The summed E-state index contributed by atoms with van der Waals surface area (Å²) in [7, 11) is -1.66. The Labute approximate surface area is 503 Å². The second-order valence-corrected chi connectivity index (χ2v) is 28.5. The van der Waals surface area contributed by atoms with E-state index < -0.39 is 29.7 Å². The van der Waals surface area contributed by atoms with Crippen LogP contribution >= 0.6 is 0 Å². The molecule has 0 aromatic heterocycles. The molecule has 0 unspecified atom stereocenters. The zero-order chi connectivity index (χ0) is 61.8. The molecule has 2 heterocycles. The van der Waals surface area contributed by atoms with Crippen molar-refractivity contribution in [2.45, 2.75) is 165 Å². The fourth-order valence-corrected chi connectivity index (χ4v) is 11.9. The van der Waals surface area contributed by atoms with Gasteiger partial charge in [0.05, 0.1) is 66.7 Å². The largest absolute Gasteiger partial charge is 0.414 e. The van der Waals surface area contributed by atoms with Gasteiger partial charge < -0.3 is 51.4 Å². The SMILES string of the molecule is O.[C-]#[N+]c1ccc(N)c(NC2CC(O)C2)c1.[C-]#[N+]c1ccc([N+](=O)[O-])c(F)c1.[C-]#[N+]c1ccc([N+](=O)[O-])c(NC2CC(O)C2)c1.[C-]#[N+]c1ccc2c(c1)N(C1CC(O)C1)CCC2.[C-]#[N+]c1ccc2c(c1)N(C1CC(O[Si](C)(C)C(C)(C)C)C1)CCC2. The smallest absolute Gasteiger partial charge is 0.302 e. The molecule has 6 aliphatic rings. The zero-order valence-corrected chi connectivity index (χ0v) is 50.0. The molecule has 9 N–H and O–H groups in total. The van der Waals surface area contributed by atoms with Crippen LogP contribution in [0.5, 0.6) is 0 Å². The Balaban J connectivity index is 0.000000175. The molecule has 4 saturated carbocycles. The number of fused-ring (bicyclic) bond motifs is 2. The molecule has 0 atom stereocenters. The predicted molar refractivity (Wildman–Crippen MR) is 336 cm³/mol. The minimum absolute atomic E-state index is 0. The van der Waals surface area contributed by atoms with E-state index >= 15 is 0 Å². The average molecular weight is 1190 g/mol. The topological polar surface area (TPSA) is 266 Å². The van der Waals surface area contributed by atoms with Crippen molar-refractivity contribution in [1.82, 2.24) is 0 Å². The standard InChI is InChI=1S/C20H30N2OSi.C14H16N2O.C11H11N3O3.C11H13N3O.C7H3FN2O2.H2O/c1-20(2,3)24(5,6)23-18-13-17(14-18)22-11-7-8-15-9-10-16(21-4)12-19(15)22;1-15-11-5-4-10-3-2-6-16(14(10)7-11)12-8-13(17)9-12;1-12-7-2-3-11(14(16)17)10(6-7)13-8-4-9(15)5-8;1-13-7-2-3-10(12)11(6-7)14-8-4-9(15)5-8;1-9-5-2-3-7(10(11)12)6(8)4-5;/h9-10,12,17-18H,7-8,11,13-14H2,1-3,5-6H3;4-5,7,12-13,17H,2-3,6,8-9H2;2-3,6,8-9,13,15H,4-5H2;2-3,6,8-9,14-15H,4-5,12H2;2-4H;1H2. The highest BCUT2D eigenvalue weighted by atomic mass is 28.4. The summed E-state index contributed by atoms with van der Waals surface area (Å²) in [5, 5.41) is 55.1. The number of hydrogen-bond acceptors (Lipinski definition) is 13. The number of nitro groups is 2. The van der Waals surface area contributed by atoms with Crippen LogP contribution in [0.1, 0.15) is 96.1 Å². The molecule has 0 radical (unpaired) electrons. The number of nitrogens with two attached hydrogens (primary N) is 1. The van der Waals surface area contributed by atoms with Crippen molar-refractivity contribution in [3.63, 3.8) is 0 Å². The van der Waals surface area contributed by atoms with Gasteiger partial charge in [-0.3, -0.25) is 20.2 Å². The number of benzene rings is 5. The molecule has 0 bridgehead atoms. The molecule has 5 aromatic carbocycles. The average Bonchev–Trinajstić information content (AvgIpc) is 2.47. The van der Waals surface area contributed by atoms with Crippen LogP contribution in [0.25, 0.3) is 24.2 Å². The van der Waals surface area contributed by atoms with Gasteiger partial charge in [-0.1, -0.05) is 51.1 Å². The third kappa shape index (κ3) is 17.0. The van der Waals surface area contributed by atoms with Gasteiger partial charge in [-0.25, -0.2) is 28.6 Å². The van der Waals surface area contributed by atoms with Crippen molar-refractivity contribution in [1.29, 1.82) is 0 Å². The molecular formula is C63H75FN12O9Si. The molecular weight excluding hydrogens is 1120 g/mol. The lowest BCUT2D eigenvalue weighted by Gasteiger charge is -2.50. The number of aryl methyl sites for hydroxylation is 2. The second kappa shape index (κ2) is 29.4. The van der Waals surface area contributed by atoms with E-state index in [0.29, 0.717) is 53.8 Å². The monoisotopic (exact) mass is 1190 g/mol. The molecule has 21 nitrogen and oxygen atoms in total. The Morgan fingerprint density at radius 1 is 0.593 bits per heavy atom. The van der Waals surface area contributed by atoms with Gasteiger partial charge in [0.2, 0.25) is 0 Å². The van der Waals surface area contributed by atoms with Crippen LogP contribution in [0.4, 0.5) is 72.6 Å². The van der Waals surface area contributed by atoms with E-state index in [9.17, 15) is 29.7 Å². The highest BCUT2D eigenvalue weighted by Crippen LogP contribution is 2.44. The molecule has 5 aromatic rings. The van der Waals surface area contributed by atoms with Crippen LogP contribution in [0.2, 0.25) is 18.1 Å². The number of halogens is 1. The Hall–Kier alpha value is -8.70. The van der Waals surface area contributed by atoms with E-state index in [4.69, 9.17) is 53.2 Å². The third-order valence-corrected chi connectivity index (χ3v) is 21.2. The van der Waals surface area contributed by atoms with E-state index in [1.165, 1.54) is 59.6 Å². The number of nitrogens with zero attached hydrogens (tertiary/aromatic N) is 9. The Kier molecular flexibility index (Phi) is 22.7. The first-order valence-corrected chi connectivity index (χ1v) is 31.4. The van der Waals surface area contributed by atoms with Gasteiger partial charge in [-0.2, -0.15) is 0 Å². The lowest BCUT2D eigenvalue weighted by atomic mass is 9.86. The van der Waals surface area contributed by atoms with Crippen LogP contribution in [0.3, 0.4) is 0 Å². The van der Waals surface area contributed by atoms with Gasteiger partial charge in [0.15, 0.2) is 42.6 Å². The maximum absolute atomic E-state index is 12.7. The van der Waals surface area contributed by atoms with E-state index in [2.05, 4.69) is 96.7 Å². The fourth-order valence-electron chi connectivity index (χ4n) is 10.5. The van der Waals surface area contributed by atoms with Crippen molar-refractivity contribution in [3.05, 3.63) is 185 Å². The summed E-state index contributed by atoms with van der Waals surface area (Å²) in [6, 6.07) is 26.0. The first kappa shape index (κ1) is 66.4. The van der Waals surface area contributed by atoms with Crippen molar-refractivity contribution in [3.8, 4) is 0 Å². The van der Waals surface area contributed by atoms with Gasteiger partial charge >= 0.3 is 5.69 Å². The zero-order valence-electron chi connectivity index (χ0n) is 49.0. The Morgan fingerprint density at radius 3 is 1.40 bits per heavy atom. The predicted octanol–water partition coefficient (Wildman–Crippen LogP) is 13.4. The molecule has 452 valence electrons. The highest BCUT2D eigenvalue weighted by Gasteiger charge is 2.44. The number of anilines is 5. The van der Waals surface area contributed by atoms with Crippen LogP contribution < -0.4 is 26.2 Å². The molecule has 0 saturated heterocycles. The molecule has 0 amide bonds. The van der Waals surface area contributed by atoms with Gasteiger partial charge in [0, 0.05) is 72.6 Å². The van der Waals surface area contributed by atoms with Gasteiger partial charge in [-0.05, 0) is 155 Å². The summed E-state index contributed by atoms with van der Waals surface area (Å²) in [4.78, 5) is 41.2. The molecule has 86 heavy (non-hydrogen) atoms. The summed E-state index contributed by atoms with van der Waals surface area (Å²) < 4.78 is 19.3. The number of aliphatic hydroxyl groups excluding tert-OH is 3. The lowest BCUT2D eigenvalue weighted by molar-refractivity contribution is -0.387. The number of aliphatic hydroxyl groups is 3. The van der Waals surface area contributed by atoms with E-state index in [1.54, 1.807) is 18.2 Å². The van der Waals surface area contributed by atoms with Crippen LogP contribution in [0, 0.1) is 58.9 Å². The molecule has 11 rings (SSSR count). The van der Waals surface area contributed by atoms with Crippen molar-refractivity contribution in [2.75, 3.05) is 39.3 Å². The van der Waals surface area contributed by atoms with E-state index in [1.807, 2.05) is 18.2 Å². The minimum Gasteiger partial charge on any atom is -0.414 e. The number of rotatable bonds is 10. The summed E-state index contributed by atoms with van der Waals surface area (Å²) in [6.45, 7) is 48.4. The Bertz CT molecular complexity index is 3430. The molecule has 23 heteroatoms. The van der Waals surface area contributed by atoms with Crippen LogP contribution in [0.15, 0.2) is 91.0 Å². The van der Waals surface area contributed by atoms with Crippen LogP contribution in [-0.4, -0.2) is 101 Å². The normalized spacial score (nSPS) is 21.9. The number of nitrogen functional groups attached to an aromatic ring is 1. The van der Waals surface area contributed by atoms with Gasteiger partial charge in [0.25, 0.3) is 5.69 Å². The van der Waals surface area contributed by atoms with Crippen molar-refractivity contribution < 1.29 is 39.5 Å². The summed E-state index contributed by atoms with van der Waals surface area (Å²) in [6.07, 6.45) is 11.1. The molecule has 0 spiro atoms. The summed E-state index contributed by atoms with van der Waals surface area (Å²) >= 11 is 0. The van der Waals surface area contributed by atoms with Crippen molar-refractivity contribution in [2.24, 2.45) is 0 Å².